The zero-order valence-electron chi connectivity index (χ0n) is 11.3. The van der Waals surface area contributed by atoms with E-state index in [1.807, 2.05) is 0 Å². The molecule has 0 fully saturated rings. The number of hydrogen-bond acceptors (Lipinski definition) is 4. The predicted molar refractivity (Wildman–Crippen MR) is 83.3 cm³/mol. The van der Waals surface area contributed by atoms with Gasteiger partial charge in [-0.15, -0.1) is 5.10 Å². The number of nitrogens with zero attached hydrogens (tertiary/aromatic N) is 3. The van der Waals surface area contributed by atoms with Crippen LogP contribution < -0.4 is 0 Å². The van der Waals surface area contributed by atoms with Gasteiger partial charge in [0.2, 0.25) is 5.16 Å². The molecule has 1 aliphatic heterocycles. The van der Waals surface area contributed by atoms with E-state index in [0.717, 1.165) is 41.0 Å². The molecule has 1 aliphatic rings. The van der Waals surface area contributed by atoms with Crippen LogP contribution in [0.1, 0.15) is 12.0 Å². The van der Waals surface area contributed by atoms with Crippen molar-refractivity contribution in [3.8, 4) is 11.4 Å². The van der Waals surface area contributed by atoms with Crippen molar-refractivity contribution in [2.24, 2.45) is 4.99 Å². The summed E-state index contributed by atoms with van der Waals surface area (Å²) in [5.41, 5.74) is 3.41. The third-order valence-electron chi connectivity index (χ3n) is 3.06. The number of dihydropyridines is 1. The Labute approximate surface area is 122 Å². The van der Waals surface area contributed by atoms with Gasteiger partial charge in [-0.25, -0.2) is 4.98 Å². The number of allylic oxidation sites excluding steroid dienone is 1. The molecule has 0 aliphatic carbocycles. The van der Waals surface area contributed by atoms with Crippen LogP contribution in [0.5, 0.6) is 0 Å². The number of thioether (sulfide) groups is 1. The summed E-state index contributed by atoms with van der Waals surface area (Å²) in [5, 5.41) is 8.00. The van der Waals surface area contributed by atoms with E-state index in [1.54, 1.807) is 11.8 Å². The van der Waals surface area contributed by atoms with Crippen molar-refractivity contribution in [2.45, 2.75) is 18.5 Å². The van der Waals surface area contributed by atoms with Gasteiger partial charge in [0.15, 0.2) is 5.82 Å². The van der Waals surface area contributed by atoms with Crippen molar-refractivity contribution >= 4 is 17.5 Å². The van der Waals surface area contributed by atoms with E-state index in [1.165, 1.54) is 5.56 Å². The van der Waals surface area contributed by atoms with Gasteiger partial charge in [-0.05, 0) is 19.4 Å². The van der Waals surface area contributed by atoms with E-state index in [2.05, 4.69) is 63.5 Å². The zero-order valence-corrected chi connectivity index (χ0v) is 12.2. The van der Waals surface area contributed by atoms with E-state index in [0.29, 0.717) is 0 Å². The van der Waals surface area contributed by atoms with E-state index >= 15 is 0 Å². The minimum Gasteiger partial charge on any atom is -0.289 e. The molecule has 4 nitrogen and oxygen atoms in total. The third-order valence-corrected chi connectivity index (χ3v) is 3.94. The molecular weight excluding hydrogens is 268 g/mol. The lowest BCUT2D eigenvalue weighted by atomic mass is 10.1. The van der Waals surface area contributed by atoms with Crippen molar-refractivity contribution < 1.29 is 0 Å². The van der Waals surface area contributed by atoms with Crippen molar-refractivity contribution in [1.29, 1.82) is 0 Å². The van der Waals surface area contributed by atoms with Crippen molar-refractivity contribution in [3.05, 3.63) is 42.0 Å². The Bertz CT molecular complexity index is 640. The Morgan fingerprint density at radius 3 is 2.85 bits per heavy atom. The van der Waals surface area contributed by atoms with E-state index in [4.69, 9.17) is 0 Å². The second-order valence-electron chi connectivity index (χ2n) is 4.69. The van der Waals surface area contributed by atoms with Crippen LogP contribution in [-0.2, 0) is 0 Å². The van der Waals surface area contributed by atoms with Crippen molar-refractivity contribution in [1.82, 2.24) is 15.2 Å². The zero-order chi connectivity index (χ0) is 13.8. The summed E-state index contributed by atoms with van der Waals surface area (Å²) in [4.78, 5) is 8.97. The molecular formula is C15H16N4S. The Balaban J connectivity index is 1.66. The standard InChI is InChI=1S/C15H16N4S/c1-11-5-7-12(8-6-11)14-17-15(19-18-14)20-10-13-4-2-3-9-16-13/h2,4-8H,3,9-10H2,1H3,(H,17,18,19). The van der Waals surface area contributed by atoms with Crippen LogP contribution in [0, 0.1) is 6.92 Å². The first-order valence-electron chi connectivity index (χ1n) is 6.63. The maximum Gasteiger partial charge on any atom is 0.209 e. The number of benzene rings is 1. The second kappa shape index (κ2) is 6.05. The average Bonchev–Trinajstić information content (AvgIpc) is 2.96. The number of aryl methyl sites for hydroxylation is 1. The molecule has 0 saturated carbocycles. The van der Waals surface area contributed by atoms with Crippen LogP contribution in [-0.4, -0.2) is 33.2 Å². The molecule has 3 rings (SSSR count). The topological polar surface area (TPSA) is 53.9 Å². The molecule has 1 aromatic heterocycles. The summed E-state index contributed by atoms with van der Waals surface area (Å²) in [7, 11) is 0. The summed E-state index contributed by atoms with van der Waals surface area (Å²) >= 11 is 1.61. The minimum atomic E-state index is 0.766. The van der Waals surface area contributed by atoms with Crippen LogP contribution in [0.3, 0.4) is 0 Å². The van der Waals surface area contributed by atoms with Crippen LogP contribution in [0.4, 0.5) is 0 Å². The lowest BCUT2D eigenvalue weighted by molar-refractivity contribution is 0.973. The SMILES string of the molecule is Cc1ccc(-c2nc(SCC3=NCCC=C3)n[nH]2)cc1. The average molecular weight is 284 g/mol. The fourth-order valence-electron chi connectivity index (χ4n) is 1.94. The Kier molecular flexibility index (Phi) is 3.97. The molecule has 0 bridgehead atoms. The molecule has 2 aromatic rings. The van der Waals surface area contributed by atoms with Gasteiger partial charge in [-0.3, -0.25) is 10.1 Å². The number of aromatic nitrogens is 3. The maximum atomic E-state index is 4.51. The molecule has 2 heterocycles. The molecule has 5 heteroatoms. The van der Waals surface area contributed by atoms with Gasteiger partial charge in [0, 0.05) is 23.6 Å². The molecule has 20 heavy (non-hydrogen) atoms. The van der Waals surface area contributed by atoms with Gasteiger partial charge < -0.3 is 0 Å². The van der Waals surface area contributed by atoms with Gasteiger partial charge in [-0.2, -0.15) is 0 Å². The molecule has 0 radical (unpaired) electrons. The van der Waals surface area contributed by atoms with E-state index in [-0.39, 0.29) is 0 Å². The summed E-state index contributed by atoms with van der Waals surface area (Å²) in [5.74, 6) is 1.63. The molecule has 0 atom stereocenters. The second-order valence-corrected chi connectivity index (χ2v) is 5.63. The van der Waals surface area contributed by atoms with E-state index in [9.17, 15) is 0 Å². The highest BCUT2D eigenvalue weighted by atomic mass is 32.2. The Hall–Kier alpha value is -1.88. The smallest absolute Gasteiger partial charge is 0.209 e. The molecule has 0 amide bonds. The molecule has 0 unspecified atom stereocenters. The van der Waals surface area contributed by atoms with E-state index < -0.39 is 0 Å². The van der Waals surface area contributed by atoms with Crippen LogP contribution in [0.25, 0.3) is 11.4 Å². The summed E-state index contributed by atoms with van der Waals surface area (Å²) in [6, 6.07) is 8.26. The van der Waals surface area contributed by atoms with Gasteiger partial charge >= 0.3 is 0 Å². The van der Waals surface area contributed by atoms with Gasteiger partial charge in [0.25, 0.3) is 0 Å². The van der Waals surface area contributed by atoms with Crippen LogP contribution in [0.15, 0.2) is 46.6 Å². The molecule has 0 saturated heterocycles. The van der Waals surface area contributed by atoms with Crippen molar-refractivity contribution in [3.63, 3.8) is 0 Å². The predicted octanol–water partition coefficient (Wildman–Crippen LogP) is 3.27. The van der Waals surface area contributed by atoms with Crippen molar-refractivity contribution in [2.75, 3.05) is 12.3 Å². The van der Waals surface area contributed by atoms with Crippen LogP contribution >= 0.6 is 11.8 Å². The highest BCUT2D eigenvalue weighted by molar-refractivity contribution is 7.99. The maximum absolute atomic E-state index is 4.51. The largest absolute Gasteiger partial charge is 0.289 e. The lowest BCUT2D eigenvalue weighted by Crippen LogP contribution is -2.03. The summed E-state index contributed by atoms with van der Waals surface area (Å²) in [6.07, 6.45) is 5.30. The number of hydrogen-bond donors (Lipinski definition) is 1. The molecule has 1 N–H and O–H groups in total. The number of rotatable bonds is 4. The normalized spacial score (nSPS) is 14.3. The Morgan fingerprint density at radius 1 is 1.25 bits per heavy atom. The highest BCUT2D eigenvalue weighted by Crippen LogP contribution is 2.20. The number of aromatic amines is 1. The molecule has 0 spiro atoms. The molecule has 1 aromatic carbocycles. The first-order chi connectivity index (χ1) is 9.81. The first-order valence-corrected chi connectivity index (χ1v) is 7.62. The van der Waals surface area contributed by atoms with Crippen LogP contribution in [0.2, 0.25) is 0 Å². The molecule has 102 valence electrons. The number of aliphatic imine (C=N–C) groups is 1. The third kappa shape index (κ3) is 3.17. The van der Waals surface area contributed by atoms with Gasteiger partial charge in [0.1, 0.15) is 0 Å². The summed E-state index contributed by atoms with van der Waals surface area (Å²) in [6.45, 7) is 2.97. The first kappa shape index (κ1) is 13.1. The van der Waals surface area contributed by atoms with Gasteiger partial charge in [-0.1, -0.05) is 47.7 Å². The van der Waals surface area contributed by atoms with Gasteiger partial charge in [0.05, 0.1) is 0 Å². The fourth-order valence-corrected chi connectivity index (χ4v) is 2.67. The fraction of sp³-hybridized carbons (Fsp3) is 0.267. The highest BCUT2D eigenvalue weighted by Gasteiger charge is 2.07. The summed E-state index contributed by atoms with van der Waals surface area (Å²) < 4.78 is 0. The number of H-pyrrole nitrogens is 1. The monoisotopic (exact) mass is 284 g/mol. The lowest BCUT2D eigenvalue weighted by Gasteiger charge is -2.03. The quantitative estimate of drug-likeness (QED) is 0.877. The Morgan fingerprint density at radius 2 is 2.10 bits per heavy atom. The number of nitrogens with one attached hydrogen (secondary N) is 1. The minimum absolute atomic E-state index is 0.766.